The number of benzene rings is 2. The molecule has 5 heteroatoms. The number of amides is 1. The van der Waals surface area contributed by atoms with Crippen molar-refractivity contribution in [2.45, 2.75) is 6.04 Å². The van der Waals surface area contributed by atoms with Crippen LogP contribution in [-0.2, 0) is 4.79 Å². The lowest BCUT2D eigenvalue weighted by molar-refractivity contribution is -0.675. The molecule has 0 spiro atoms. The Kier molecular flexibility index (Phi) is 5.57. The Morgan fingerprint density at radius 2 is 1.84 bits per heavy atom. The standard InChI is InChI=1S/C20H17N3OS/c21-13-15-8-10-17(11-9-15)23-19(24)14-22-20(18-7-4-12-25-18)16-5-2-1-3-6-16/h1-12,20,22H,14H2,(H,23,24)/p+1/t20-/m1/s1. The highest BCUT2D eigenvalue weighted by Crippen LogP contribution is 2.22. The zero-order valence-electron chi connectivity index (χ0n) is 13.6. The second-order valence-electron chi connectivity index (χ2n) is 5.58. The summed E-state index contributed by atoms with van der Waals surface area (Å²) in [6.45, 7) is 0.317. The van der Waals surface area contributed by atoms with Crippen LogP contribution in [0.25, 0.3) is 0 Å². The normalized spacial score (nSPS) is 11.5. The van der Waals surface area contributed by atoms with Gasteiger partial charge in [0, 0.05) is 11.3 Å². The number of hydrogen-bond acceptors (Lipinski definition) is 3. The van der Waals surface area contributed by atoms with Crippen LogP contribution in [0.4, 0.5) is 5.69 Å². The lowest BCUT2D eigenvalue weighted by Crippen LogP contribution is -2.87. The first kappa shape index (κ1) is 16.9. The molecule has 3 N–H and O–H groups in total. The van der Waals surface area contributed by atoms with Crippen LogP contribution in [0.15, 0.2) is 72.1 Å². The van der Waals surface area contributed by atoms with Crippen LogP contribution in [0, 0.1) is 11.3 Å². The molecule has 4 nitrogen and oxygen atoms in total. The van der Waals surface area contributed by atoms with Crippen LogP contribution in [0.2, 0.25) is 0 Å². The van der Waals surface area contributed by atoms with Crippen LogP contribution in [0.3, 0.4) is 0 Å². The van der Waals surface area contributed by atoms with E-state index in [-0.39, 0.29) is 11.9 Å². The largest absolute Gasteiger partial charge is 0.328 e. The van der Waals surface area contributed by atoms with E-state index in [1.807, 2.05) is 29.6 Å². The van der Waals surface area contributed by atoms with Crippen molar-refractivity contribution in [3.05, 3.63) is 88.1 Å². The maximum Gasteiger partial charge on any atom is 0.279 e. The highest BCUT2D eigenvalue weighted by atomic mass is 32.1. The number of rotatable bonds is 6. The maximum absolute atomic E-state index is 12.3. The number of anilines is 1. The van der Waals surface area contributed by atoms with Gasteiger partial charge in [0.2, 0.25) is 0 Å². The van der Waals surface area contributed by atoms with E-state index in [2.05, 4.69) is 35.0 Å². The predicted octanol–water partition coefficient (Wildman–Crippen LogP) is 2.91. The van der Waals surface area contributed by atoms with Gasteiger partial charge in [0.05, 0.1) is 16.5 Å². The Labute approximate surface area is 150 Å². The fourth-order valence-electron chi connectivity index (χ4n) is 2.61. The number of nitriles is 1. The average molecular weight is 348 g/mol. The quantitative estimate of drug-likeness (QED) is 0.719. The maximum atomic E-state index is 12.3. The molecule has 0 aliphatic rings. The summed E-state index contributed by atoms with van der Waals surface area (Å²) >= 11 is 1.69. The molecule has 3 rings (SSSR count). The molecule has 1 heterocycles. The summed E-state index contributed by atoms with van der Waals surface area (Å²) in [5.41, 5.74) is 2.45. The van der Waals surface area contributed by atoms with Crippen LogP contribution in [0.1, 0.15) is 22.0 Å². The highest BCUT2D eigenvalue weighted by molar-refractivity contribution is 7.10. The lowest BCUT2D eigenvalue weighted by atomic mass is 10.1. The molecule has 0 aliphatic carbocycles. The minimum absolute atomic E-state index is 0.0674. The summed E-state index contributed by atoms with van der Waals surface area (Å²) < 4.78 is 0. The van der Waals surface area contributed by atoms with Crippen LogP contribution in [-0.4, -0.2) is 12.5 Å². The smallest absolute Gasteiger partial charge is 0.279 e. The summed E-state index contributed by atoms with van der Waals surface area (Å²) in [6.07, 6.45) is 0. The van der Waals surface area contributed by atoms with Crippen LogP contribution in [0.5, 0.6) is 0 Å². The van der Waals surface area contributed by atoms with Gasteiger partial charge >= 0.3 is 0 Å². The first-order valence-corrected chi connectivity index (χ1v) is 8.86. The third-order valence-corrected chi connectivity index (χ3v) is 4.80. The minimum atomic E-state index is -0.0674. The monoisotopic (exact) mass is 348 g/mol. The molecule has 2 aromatic carbocycles. The van der Waals surface area contributed by atoms with Gasteiger partial charge in [-0.25, -0.2) is 0 Å². The topological polar surface area (TPSA) is 69.5 Å². The van der Waals surface area contributed by atoms with E-state index in [0.29, 0.717) is 17.8 Å². The Bertz CT molecular complexity index is 852. The van der Waals surface area contributed by atoms with Gasteiger partial charge in [0.25, 0.3) is 5.91 Å². The van der Waals surface area contributed by atoms with E-state index in [9.17, 15) is 4.79 Å². The molecule has 1 atom stereocenters. The molecule has 0 radical (unpaired) electrons. The first-order chi connectivity index (χ1) is 12.3. The van der Waals surface area contributed by atoms with E-state index in [1.54, 1.807) is 35.6 Å². The number of nitrogens with one attached hydrogen (secondary N) is 1. The molecule has 0 saturated heterocycles. The number of carbonyl (C=O) groups excluding carboxylic acids is 1. The summed E-state index contributed by atoms with van der Waals surface area (Å²) in [4.78, 5) is 13.5. The van der Waals surface area contributed by atoms with E-state index in [1.165, 1.54) is 10.4 Å². The molecule has 0 unspecified atom stereocenters. The Hall–Kier alpha value is -2.94. The summed E-state index contributed by atoms with van der Waals surface area (Å²) in [5.74, 6) is -0.0674. The molecule has 3 aromatic rings. The molecule has 25 heavy (non-hydrogen) atoms. The Balaban J connectivity index is 1.64. The zero-order valence-corrected chi connectivity index (χ0v) is 14.4. The van der Waals surface area contributed by atoms with Crippen molar-refractivity contribution in [1.29, 1.82) is 5.26 Å². The van der Waals surface area contributed by atoms with Gasteiger partial charge in [0.15, 0.2) is 6.54 Å². The third kappa shape index (κ3) is 4.54. The van der Waals surface area contributed by atoms with Crippen molar-refractivity contribution in [3.63, 3.8) is 0 Å². The second-order valence-corrected chi connectivity index (χ2v) is 6.56. The second kappa shape index (κ2) is 8.25. The molecular formula is C20H18N3OS+. The number of nitrogens with zero attached hydrogens (tertiary/aromatic N) is 1. The van der Waals surface area contributed by atoms with E-state index in [4.69, 9.17) is 5.26 Å². The lowest BCUT2D eigenvalue weighted by Gasteiger charge is -2.14. The summed E-state index contributed by atoms with van der Waals surface area (Å²) in [6, 6.07) is 23.3. The van der Waals surface area contributed by atoms with Gasteiger partial charge in [0.1, 0.15) is 6.04 Å². The molecule has 124 valence electrons. The van der Waals surface area contributed by atoms with Crippen molar-refractivity contribution in [2.75, 3.05) is 11.9 Å². The number of nitrogens with two attached hydrogens (primary N) is 1. The van der Waals surface area contributed by atoms with E-state index in [0.717, 1.165) is 0 Å². The Morgan fingerprint density at radius 3 is 2.48 bits per heavy atom. The first-order valence-electron chi connectivity index (χ1n) is 7.98. The van der Waals surface area contributed by atoms with Crippen molar-refractivity contribution < 1.29 is 10.1 Å². The molecule has 0 fully saturated rings. The van der Waals surface area contributed by atoms with Gasteiger partial charge in [-0.15, -0.1) is 11.3 Å². The zero-order chi connectivity index (χ0) is 17.5. The van der Waals surface area contributed by atoms with Crippen LogP contribution >= 0.6 is 11.3 Å². The average Bonchev–Trinajstić information content (AvgIpc) is 3.18. The number of hydrogen-bond donors (Lipinski definition) is 2. The van der Waals surface area contributed by atoms with Gasteiger partial charge in [-0.05, 0) is 35.7 Å². The van der Waals surface area contributed by atoms with E-state index < -0.39 is 0 Å². The molecule has 1 amide bonds. The van der Waals surface area contributed by atoms with Gasteiger partial charge in [-0.3, -0.25) is 4.79 Å². The molecule has 1 aromatic heterocycles. The number of carbonyl (C=O) groups is 1. The number of quaternary nitrogens is 1. The fourth-order valence-corrected chi connectivity index (χ4v) is 3.46. The third-order valence-electron chi connectivity index (χ3n) is 3.85. The fraction of sp³-hybridized carbons (Fsp3) is 0.100. The minimum Gasteiger partial charge on any atom is -0.328 e. The summed E-state index contributed by atoms with van der Waals surface area (Å²) in [5, 5.41) is 15.8. The molecule has 0 aliphatic heterocycles. The number of thiophene rings is 1. The Morgan fingerprint density at radius 1 is 1.08 bits per heavy atom. The van der Waals surface area contributed by atoms with Crippen LogP contribution < -0.4 is 10.6 Å². The van der Waals surface area contributed by atoms with Gasteiger partial charge in [-0.1, -0.05) is 36.4 Å². The van der Waals surface area contributed by atoms with Crippen molar-refractivity contribution >= 4 is 22.9 Å². The SMILES string of the molecule is N#Cc1ccc(NC(=O)C[NH2+][C@H](c2ccccc2)c2cccs2)cc1. The van der Waals surface area contributed by atoms with Gasteiger partial charge < -0.3 is 10.6 Å². The summed E-state index contributed by atoms with van der Waals surface area (Å²) in [7, 11) is 0. The predicted molar refractivity (Wildman–Crippen MR) is 99.2 cm³/mol. The van der Waals surface area contributed by atoms with Gasteiger partial charge in [-0.2, -0.15) is 5.26 Å². The molecule has 0 bridgehead atoms. The van der Waals surface area contributed by atoms with Crippen molar-refractivity contribution in [3.8, 4) is 6.07 Å². The highest BCUT2D eigenvalue weighted by Gasteiger charge is 2.19. The van der Waals surface area contributed by atoms with E-state index >= 15 is 0 Å². The van der Waals surface area contributed by atoms with Crippen molar-refractivity contribution in [1.82, 2.24) is 0 Å². The molecular weight excluding hydrogens is 330 g/mol. The molecule has 0 saturated carbocycles. The van der Waals surface area contributed by atoms with Crippen molar-refractivity contribution in [2.24, 2.45) is 0 Å².